The molecule has 0 bridgehead atoms. The third kappa shape index (κ3) is 4.23. The second kappa shape index (κ2) is 8.27. The average Bonchev–Trinajstić information content (AvgIpc) is 3.15. The minimum atomic E-state index is -0.506. The van der Waals surface area contributed by atoms with Gasteiger partial charge in [-0.05, 0) is 73.2 Å². The molecule has 1 heterocycles. The fraction of sp³-hybridized carbons (Fsp3) is 0.136. The van der Waals surface area contributed by atoms with Gasteiger partial charge in [0.2, 0.25) is 0 Å². The van der Waals surface area contributed by atoms with E-state index in [1.54, 1.807) is 35.6 Å². The predicted octanol–water partition coefficient (Wildman–Crippen LogP) is 7.04. The Balaban J connectivity index is 1.47. The first-order valence-corrected chi connectivity index (χ1v) is 9.71. The quantitative estimate of drug-likeness (QED) is 0.332. The molecule has 0 aliphatic carbocycles. The fourth-order valence-corrected chi connectivity index (χ4v) is 3.78. The van der Waals surface area contributed by atoms with Crippen molar-refractivity contribution in [3.63, 3.8) is 0 Å². The molecule has 0 N–H and O–H groups in total. The van der Waals surface area contributed by atoms with Crippen LogP contribution in [0.1, 0.15) is 5.56 Å². The lowest BCUT2D eigenvalue weighted by molar-refractivity contribution is 0.273. The van der Waals surface area contributed by atoms with Gasteiger partial charge in [0.25, 0.3) is 0 Å². The number of azo groups is 1. The summed E-state index contributed by atoms with van der Waals surface area (Å²) in [5.74, 6) is 0.618. The number of fused-ring (bicyclic) bond motifs is 1. The highest BCUT2D eigenvalue weighted by atomic mass is 32.1. The molecular weight excluding hydrogens is 372 g/mol. The number of benzene rings is 3. The third-order valence-electron chi connectivity index (χ3n) is 4.12. The van der Waals surface area contributed by atoms with E-state index < -0.39 is 6.67 Å². The standard InChI is InChI=1S/C22H18FN3OS/c1-15-2-11-20-21(14-15)28-22(24-20)16-3-5-17(6-4-16)25-26-18-7-9-19(10-8-18)27-13-12-23/h2-11,14H,12-13H2,1H3/b26-25+/i23-1. The minimum Gasteiger partial charge on any atom is -0.491 e. The lowest BCUT2D eigenvalue weighted by Crippen LogP contribution is -1.97. The second-order valence-electron chi connectivity index (χ2n) is 6.27. The molecule has 0 atom stereocenters. The number of hydrogen-bond acceptors (Lipinski definition) is 5. The van der Waals surface area contributed by atoms with E-state index in [0.29, 0.717) is 11.4 Å². The number of halogens is 1. The Labute approximate surface area is 166 Å². The number of hydrogen-bond donors (Lipinski definition) is 0. The van der Waals surface area contributed by atoms with Crippen LogP contribution in [0.3, 0.4) is 0 Å². The SMILES string of the molecule is Cc1ccc2nc(-c3ccc(/N=N/c4ccc(OCC[18F])cc4)cc3)sc2c1. The van der Waals surface area contributed by atoms with Crippen molar-refractivity contribution in [2.75, 3.05) is 13.3 Å². The number of aryl methyl sites for hydroxylation is 1. The largest absolute Gasteiger partial charge is 0.491 e. The fourth-order valence-electron chi connectivity index (χ4n) is 2.71. The van der Waals surface area contributed by atoms with Crippen LogP contribution in [0.5, 0.6) is 5.75 Å². The van der Waals surface area contributed by atoms with Crippen LogP contribution in [0, 0.1) is 6.92 Å². The molecule has 3 aromatic carbocycles. The van der Waals surface area contributed by atoms with Crippen molar-refractivity contribution in [2.24, 2.45) is 10.2 Å². The number of alkyl halides is 1. The van der Waals surface area contributed by atoms with Crippen molar-refractivity contribution in [1.29, 1.82) is 0 Å². The molecule has 0 fully saturated rings. The molecule has 4 rings (SSSR count). The molecule has 6 heteroatoms. The van der Waals surface area contributed by atoms with Crippen LogP contribution >= 0.6 is 11.3 Å². The van der Waals surface area contributed by atoms with E-state index in [2.05, 4.69) is 35.4 Å². The number of rotatable bonds is 6. The molecule has 4 nitrogen and oxygen atoms in total. The maximum Gasteiger partial charge on any atom is 0.124 e. The summed E-state index contributed by atoms with van der Waals surface area (Å²) in [6.07, 6.45) is 0. The maximum atomic E-state index is 12.1. The van der Waals surface area contributed by atoms with Gasteiger partial charge in [0.1, 0.15) is 24.0 Å². The van der Waals surface area contributed by atoms with Gasteiger partial charge in [0.05, 0.1) is 21.6 Å². The molecule has 140 valence electrons. The lowest BCUT2D eigenvalue weighted by atomic mass is 10.2. The van der Waals surface area contributed by atoms with Crippen LogP contribution in [0.15, 0.2) is 77.0 Å². The number of ether oxygens (including phenoxy) is 1. The van der Waals surface area contributed by atoms with E-state index in [-0.39, 0.29) is 6.61 Å². The zero-order valence-electron chi connectivity index (χ0n) is 15.3. The highest BCUT2D eigenvalue weighted by Crippen LogP contribution is 2.32. The molecule has 0 unspecified atom stereocenters. The smallest absolute Gasteiger partial charge is 0.124 e. The molecule has 1 aromatic heterocycles. The Morgan fingerprint density at radius 2 is 1.61 bits per heavy atom. The molecule has 0 aliphatic rings. The molecule has 0 saturated carbocycles. The molecular formula is C22H18FN3OS. The first-order chi connectivity index (χ1) is 13.7. The van der Waals surface area contributed by atoms with Gasteiger partial charge in [-0.15, -0.1) is 11.3 Å². The van der Waals surface area contributed by atoms with Crippen molar-refractivity contribution in [1.82, 2.24) is 4.98 Å². The van der Waals surface area contributed by atoms with Gasteiger partial charge >= 0.3 is 0 Å². The Morgan fingerprint density at radius 3 is 2.29 bits per heavy atom. The first kappa shape index (κ1) is 18.3. The molecule has 0 amide bonds. The van der Waals surface area contributed by atoms with Gasteiger partial charge in [-0.1, -0.05) is 6.07 Å². The average molecular weight is 390 g/mol. The molecule has 4 aromatic rings. The molecule has 0 aliphatic heterocycles. The van der Waals surface area contributed by atoms with Gasteiger partial charge in [-0.2, -0.15) is 10.2 Å². The molecule has 0 radical (unpaired) electrons. The zero-order valence-corrected chi connectivity index (χ0v) is 16.1. The summed E-state index contributed by atoms with van der Waals surface area (Å²) in [5, 5.41) is 9.49. The summed E-state index contributed by atoms with van der Waals surface area (Å²) in [6, 6.07) is 21.2. The second-order valence-corrected chi connectivity index (χ2v) is 7.30. The molecule has 0 saturated heterocycles. The van der Waals surface area contributed by atoms with Crippen LogP contribution in [-0.2, 0) is 0 Å². The van der Waals surface area contributed by atoms with Gasteiger partial charge in [-0.3, -0.25) is 0 Å². The Morgan fingerprint density at radius 1 is 0.929 bits per heavy atom. The van der Waals surface area contributed by atoms with E-state index >= 15 is 0 Å². The topological polar surface area (TPSA) is 46.8 Å². The lowest BCUT2D eigenvalue weighted by Gasteiger charge is -2.02. The van der Waals surface area contributed by atoms with Crippen LogP contribution in [0.2, 0.25) is 0 Å². The summed E-state index contributed by atoms with van der Waals surface area (Å²) >= 11 is 1.69. The Bertz CT molecular complexity index is 1110. The van der Waals surface area contributed by atoms with Crippen LogP contribution in [-0.4, -0.2) is 18.3 Å². The zero-order chi connectivity index (χ0) is 19.3. The minimum absolute atomic E-state index is 0.0570. The summed E-state index contributed by atoms with van der Waals surface area (Å²) in [4.78, 5) is 4.71. The molecule has 0 spiro atoms. The third-order valence-corrected chi connectivity index (χ3v) is 5.19. The Hall–Kier alpha value is -3.12. The van der Waals surface area contributed by atoms with E-state index in [1.165, 1.54) is 10.3 Å². The Kier molecular flexibility index (Phi) is 5.39. The maximum absolute atomic E-state index is 12.1. The van der Waals surface area contributed by atoms with E-state index in [9.17, 15) is 4.39 Å². The van der Waals surface area contributed by atoms with E-state index in [0.717, 1.165) is 21.8 Å². The summed E-state index contributed by atoms with van der Waals surface area (Å²) < 4.78 is 18.5. The summed E-state index contributed by atoms with van der Waals surface area (Å²) in [5.41, 5.74) is 4.79. The van der Waals surface area contributed by atoms with Gasteiger partial charge < -0.3 is 4.74 Å². The summed E-state index contributed by atoms with van der Waals surface area (Å²) in [7, 11) is 0. The number of nitrogens with zero attached hydrogens (tertiary/aromatic N) is 3. The van der Waals surface area contributed by atoms with Crippen molar-refractivity contribution in [3.8, 4) is 16.3 Å². The number of aromatic nitrogens is 1. The summed E-state index contributed by atoms with van der Waals surface area (Å²) in [6.45, 7) is 1.64. The monoisotopic (exact) mass is 390 g/mol. The first-order valence-electron chi connectivity index (χ1n) is 8.89. The van der Waals surface area contributed by atoms with E-state index in [4.69, 9.17) is 9.72 Å². The van der Waals surface area contributed by atoms with Crippen molar-refractivity contribution in [3.05, 3.63) is 72.3 Å². The van der Waals surface area contributed by atoms with Crippen molar-refractivity contribution < 1.29 is 9.13 Å². The van der Waals surface area contributed by atoms with Gasteiger partial charge in [-0.25, -0.2) is 9.37 Å². The van der Waals surface area contributed by atoms with Crippen LogP contribution < -0.4 is 4.74 Å². The molecule has 28 heavy (non-hydrogen) atoms. The highest BCUT2D eigenvalue weighted by Gasteiger charge is 2.06. The van der Waals surface area contributed by atoms with Crippen LogP contribution in [0.4, 0.5) is 15.8 Å². The van der Waals surface area contributed by atoms with Gasteiger partial charge in [0, 0.05) is 5.56 Å². The van der Waals surface area contributed by atoms with Crippen LogP contribution in [0.25, 0.3) is 20.8 Å². The van der Waals surface area contributed by atoms with Gasteiger partial charge in [0.15, 0.2) is 0 Å². The normalized spacial score (nSPS) is 11.4. The van der Waals surface area contributed by atoms with Crippen molar-refractivity contribution >= 4 is 32.9 Å². The van der Waals surface area contributed by atoms with E-state index in [1.807, 2.05) is 24.3 Å². The van der Waals surface area contributed by atoms with Crippen molar-refractivity contribution in [2.45, 2.75) is 6.92 Å². The number of thiazole rings is 1. The predicted molar refractivity (Wildman–Crippen MR) is 112 cm³/mol. The highest BCUT2D eigenvalue weighted by molar-refractivity contribution is 7.21.